The number of nitrogens with zero attached hydrogens (tertiary/aromatic N) is 2. The Morgan fingerprint density at radius 1 is 1.14 bits per heavy atom. The smallest absolute Gasteiger partial charge is 0.221 e. The van der Waals surface area contributed by atoms with Gasteiger partial charge in [0.15, 0.2) is 0 Å². The molecule has 2 aromatic rings. The third kappa shape index (κ3) is 6.52. The van der Waals surface area contributed by atoms with Crippen LogP contribution in [0.2, 0.25) is 0 Å². The lowest BCUT2D eigenvalue weighted by atomic mass is 9.88. The van der Waals surface area contributed by atoms with Crippen LogP contribution in [-0.4, -0.2) is 41.9 Å². The van der Waals surface area contributed by atoms with Crippen LogP contribution in [0.15, 0.2) is 36.6 Å². The zero-order valence-electron chi connectivity index (χ0n) is 20.8. The van der Waals surface area contributed by atoms with Gasteiger partial charge in [-0.15, -0.1) is 0 Å². The van der Waals surface area contributed by atoms with Crippen molar-refractivity contribution in [3.63, 3.8) is 0 Å². The van der Waals surface area contributed by atoms with Gasteiger partial charge >= 0.3 is 0 Å². The number of anilines is 2. The Bertz CT molecular complexity index is 1090. The minimum atomic E-state index is -0.355. The van der Waals surface area contributed by atoms with Gasteiger partial charge in [-0.2, -0.15) is 4.98 Å². The highest BCUT2D eigenvalue weighted by Gasteiger charge is 2.23. The highest BCUT2D eigenvalue weighted by molar-refractivity contribution is 5.83. The summed E-state index contributed by atoms with van der Waals surface area (Å²) in [5.41, 5.74) is 21.6. The van der Waals surface area contributed by atoms with Gasteiger partial charge in [0.05, 0.1) is 18.8 Å². The van der Waals surface area contributed by atoms with Crippen molar-refractivity contribution >= 4 is 17.3 Å². The molecule has 1 saturated heterocycles. The molecule has 8 nitrogen and oxygen atoms in total. The summed E-state index contributed by atoms with van der Waals surface area (Å²) in [6.45, 7) is 6.84. The maximum Gasteiger partial charge on any atom is 0.221 e. The number of aromatic nitrogens is 2. The van der Waals surface area contributed by atoms with Crippen molar-refractivity contribution in [1.29, 1.82) is 0 Å². The van der Waals surface area contributed by atoms with Crippen molar-refractivity contribution in [1.82, 2.24) is 9.97 Å². The summed E-state index contributed by atoms with van der Waals surface area (Å²) >= 11 is 0. The van der Waals surface area contributed by atoms with E-state index in [1.807, 2.05) is 26.0 Å². The van der Waals surface area contributed by atoms with Crippen LogP contribution in [0.1, 0.15) is 56.2 Å². The first-order valence-electron chi connectivity index (χ1n) is 12.4. The number of hydrogen-bond donors (Lipinski definition) is 3. The van der Waals surface area contributed by atoms with Crippen LogP contribution in [0.4, 0.5) is 11.8 Å². The van der Waals surface area contributed by atoms with E-state index in [-0.39, 0.29) is 11.5 Å². The lowest BCUT2D eigenvalue weighted by Crippen LogP contribution is -2.33. The van der Waals surface area contributed by atoms with Crippen LogP contribution in [-0.2, 0) is 11.2 Å². The predicted octanol–water partition coefficient (Wildman–Crippen LogP) is 3.89. The lowest BCUT2D eigenvalue weighted by molar-refractivity contribution is 0.0593. The molecule has 6 N–H and O–H groups in total. The summed E-state index contributed by atoms with van der Waals surface area (Å²) in [6.07, 6.45) is 12.4. The molecular formula is C27H37N5O3. The monoisotopic (exact) mass is 479 g/mol. The molecule has 4 rings (SSSR count). The number of nitrogen functional groups attached to an aromatic ring is 2. The second-order valence-corrected chi connectivity index (χ2v) is 9.61. The highest BCUT2D eigenvalue weighted by Crippen LogP contribution is 2.40. The third-order valence-corrected chi connectivity index (χ3v) is 6.56. The Kier molecular flexibility index (Phi) is 7.93. The standard InChI is InChI=1S/C27H37N5O3/c1-3-34-22-15-19(14-21-17-31-26(29)32-25(21)28)16-23(35-13-8-18-6-11-33-12-7-18)24(22)20-4-9-27(2,30)10-5-20/h4-5,9,15-18H,3,6-8,10-14,30H2,1-2H3,(H4,28,29,31,32). The fourth-order valence-electron chi connectivity index (χ4n) is 4.51. The molecule has 2 heterocycles. The lowest BCUT2D eigenvalue weighted by Gasteiger charge is -2.26. The molecular weight excluding hydrogens is 442 g/mol. The van der Waals surface area contributed by atoms with E-state index in [0.29, 0.717) is 31.4 Å². The normalized spacial score (nSPS) is 20.5. The minimum Gasteiger partial charge on any atom is -0.493 e. The van der Waals surface area contributed by atoms with Gasteiger partial charge in [0.2, 0.25) is 5.95 Å². The molecule has 188 valence electrons. The van der Waals surface area contributed by atoms with Gasteiger partial charge < -0.3 is 31.4 Å². The van der Waals surface area contributed by atoms with Gasteiger partial charge in [0, 0.05) is 36.9 Å². The van der Waals surface area contributed by atoms with Crippen LogP contribution >= 0.6 is 0 Å². The average molecular weight is 480 g/mol. The van der Waals surface area contributed by atoms with Crippen LogP contribution in [0.25, 0.3) is 5.57 Å². The van der Waals surface area contributed by atoms with E-state index in [9.17, 15) is 0 Å². The molecule has 1 aliphatic carbocycles. The molecule has 1 aromatic carbocycles. The first-order valence-corrected chi connectivity index (χ1v) is 12.4. The number of rotatable bonds is 9. The Labute approximate surface area is 207 Å². The van der Waals surface area contributed by atoms with Gasteiger partial charge in [-0.25, -0.2) is 4.98 Å². The van der Waals surface area contributed by atoms with E-state index in [1.54, 1.807) is 6.20 Å². The molecule has 2 aliphatic rings. The summed E-state index contributed by atoms with van der Waals surface area (Å²) < 4.78 is 18.1. The molecule has 0 spiro atoms. The topological polar surface area (TPSA) is 132 Å². The zero-order chi connectivity index (χ0) is 24.8. The molecule has 0 amide bonds. The largest absolute Gasteiger partial charge is 0.493 e. The molecule has 1 atom stereocenters. The molecule has 0 saturated carbocycles. The van der Waals surface area contributed by atoms with E-state index in [1.165, 1.54) is 0 Å². The van der Waals surface area contributed by atoms with E-state index in [0.717, 1.165) is 72.7 Å². The zero-order valence-corrected chi connectivity index (χ0v) is 20.8. The van der Waals surface area contributed by atoms with Crippen LogP contribution in [0.5, 0.6) is 11.5 Å². The quantitative estimate of drug-likeness (QED) is 0.494. The second kappa shape index (κ2) is 11.1. The summed E-state index contributed by atoms with van der Waals surface area (Å²) in [5, 5.41) is 0. The van der Waals surface area contributed by atoms with Gasteiger partial charge in [-0.1, -0.05) is 18.2 Å². The van der Waals surface area contributed by atoms with E-state index >= 15 is 0 Å². The summed E-state index contributed by atoms with van der Waals surface area (Å²) in [5.74, 6) is 2.74. The van der Waals surface area contributed by atoms with Crippen LogP contribution < -0.4 is 26.7 Å². The van der Waals surface area contributed by atoms with Crippen LogP contribution in [0.3, 0.4) is 0 Å². The van der Waals surface area contributed by atoms with Crippen molar-refractivity contribution in [2.45, 2.75) is 51.5 Å². The molecule has 1 aliphatic heterocycles. The second-order valence-electron chi connectivity index (χ2n) is 9.61. The van der Waals surface area contributed by atoms with Gasteiger partial charge in [0.25, 0.3) is 0 Å². The Balaban J connectivity index is 1.66. The van der Waals surface area contributed by atoms with Gasteiger partial charge in [-0.3, -0.25) is 0 Å². The minimum absolute atomic E-state index is 0.164. The Morgan fingerprint density at radius 2 is 1.89 bits per heavy atom. The summed E-state index contributed by atoms with van der Waals surface area (Å²) in [4.78, 5) is 8.21. The summed E-state index contributed by atoms with van der Waals surface area (Å²) in [6, 6.07) is 4.12. The number of benzene rings is 1. The maximum absolute atomic E-state index is 6.45. The molecule has 1 fully saturated rings. The van der Waals surface area contributed by atoms with E-state index in [2.05, 4.69) is 28.2 Å². The Hall–Kier alpha value is -3.10. The van der Waals surface area contributed by atoms with E-state index in [4.69, 9.17) is 31.4 Å². The number of allylic oxidation sites excluding steroid dienone is 2. The van der Waals surface area contributed by atoms with E-state index < -0.39 is 0 Å². The SMILES string of the molecule is CCOc1cc(Cc2cnc(N)nc2N)cc(OCCC2CCOCC2)c1C1=CCC(C)(N)C=C1. The highest BCUT2D eigenvalue weighted by atomic mass is 16.5. The molecule has 1 aromatic heterocycles. The molecule has 0 bridgehead atoms. The fourth-order valence-corrected chi connectivity index (χ4v) is 4.51. The molecule has 1 unspecified atom stereocenters. The first-order chi connectivity index (χ1) is 16.8. The molecule has 35 heavy (non-hydrogen) atoms. The van der Waals surface area contributed by atoms with Gasteiger partial charge in [-0.05, 0) is 68.7 Å². The molecule has 0 radical (unpaired) electrons. The fraction of sp³-hybridized carbons (Fsp3) is 0.481. The first kappa shape index (κ1) is 25.0. The third-order valence-electron chi connectivity index (χ3n) is 6.56. The number of nitrogens with two attached hydrogens (primary N) is 3. The van der Waals surface area contributed by atoms with Crippen molar-refractivity contribution in [2.24, 2.45) is 11.7 Å². The predicted molar refractivity (Wildman–Crippen MR) is 139 cm³/mol. The van der Waals surface area contributed by atoms with Crippen molar-refractivity contribution in [2.75, 3.05) is 37.9 Å². The molecule has 8 heteroatoms. The van der Waals surface area contributed by atoms with Crippen molar-refractivity contribution < 1.29 is 14.2 Å². The number of ether oxygens (including phenoxy) is 3. The number of hydrogen-bond acceptors (Lipinski definition) is 8. The maximum atomic E-state index is 6.45. The average Bonchev–Trinajstić information content (AvgIpc) is 2.82. The van der Waals surface area contributed by atoms with Crippen molar-refractivity contribution in [3.05, 3.63) is 53.2 Å². The summed E-state index contributed by atoms with van der Waals surface area (Å²) in [7, 11) is 0. The Morgan fingerprint density at radius 3 is 2.54 bits per heavy atom. The van der Waals surface area contributed by atoms with Crippen LogP contribution in [0, 0.1) is 5.92 Å². The van der Waals surface area contributed by atoms with Crippen molar-refractivity contribution in [3.8, 4) is 11.5 Å². The van der Waals surface area contributed by atoms with Gasteiger partial charge in [0.1, 0.15) is 17.3 Å².